The predicted molar refractivity (Wildman–Crippen MR) is 132 cm³/mol. The Morgan fingerprint density at radius 3 is 2.59 bits per heavy atom. The quantitative estimate of drug-likeness (QED) is 0.503. The van der Waals surface area contributed by atoms with Crippen molar-refractivity contribution >= 4 is 44.3 Å². The number of anilines is 2. The summed E-state index contributed by atoms with van der Waals surface area (Å²) in [5, 5.41) is 6.37. The number of carbonyl (C=O) groups is 2. The normalized spacial score (nSPS) is 14.2. The van der Waals surface area contributed by atoms with Gasteiger partial charge >= 0.3 is 0 Å². The molecule has 0 unspecified atom stereocenters. The van der Waals surface area contributed by atoms with Gasteiger partial charge in [-0.2, -0.15) is 4.98 Å². The number of hydrogen-bond donors (Lipinski definition) is 2. The molecule has 1 aromatic carbocycles. The highest BCUT2D eigenvalue weighted by Gasteiger charge is 2.26. The van der Waals surface area contributed by atoms with Gasteiger partial charge in [-0.15, -0.1) is 0 Å². The summed E-state index contributed by atoms with van der Waals surface area (Å²) >= 11 is 1.27. The molecule has 1 saturated heterocycles. The zero-order valence-electron chi connectivity index (χ0n) is 19.2. The summed E-state index contributed by atoms with van der Waals surface area (Å²) in [4.78, 5) is 48.4. The van der Waals surface area contributed by atoms with E-state index < -0.39 is 0 Å². The van der Waals surface area contributed by atoms with Gasteiger partial charge in [0.2, 0.25) is 11.8 Å². The van der Waals surface area contributed by atoms with Crippen LogP contribution in [0.3, 0.4) is 0 Å². The fourth-order valence-electron chi connectivity index (χ4n) is 3.89. The van der Waals surface area contributed by atoms with Gasteiger partial charge in [0.05, 0.1) is 6.61 Å². The zero-order chi connectivity index (χ0) is 24.1. The van der Waals surface area contributed by atoms with Crippen LogP contribution in [-0.2, 0) is 16.1 Å². The average Bonchev–Trinajstić information content (AvgIpc) is 3.28. The average molecular weight is 485 g/mol. The number of rotatable bonds is 8. The standard InChI is InChI=1S/C23H28N6O4S/c1-3-24-21(31)15-9-11-28(12-10-15)23-27-20-19(34-23)22(32)29(14-25-20)13-18(30)26-16-5-7-17(8-6-16)33-4-2/h5-8,14-15H,3-4,9-13H2,1-2H3,(H,24,31)(H,26,30). The van der Waals surface area contributed by atoms with Crippen molar-refractivity contribution in [3.8, 4) is 5.75 Å². The molecule has 0 radical (unpaired) electrons. The van der Waals surface area contributed by atoms with Crippen molar-refractivity contribution in [3.63, 3.8) is 0 Å². The lowest BCUT2D eigenvalue weighted by Gasteiger charge is -2.30. The van der Waals surface area contributed by atoms with E-state index in [-0.39, 0.29) is 29.8 Å². The summed E-state index contributed by atoms with van der Waals surface area (Å²) in [7, 11) is 0. The topological polar surface area (TPSA) is 118 Å². The molecule has 1 aliphatic heterocycles. The van der Waals surface area contributed by atoms with Crippen LogP contribution >= 0.6 is 11.3 Å². The molecular formula is C23H28N6O4S. The second-order valence-electron chi connectivity index (χ2n) is 7.99. The third kappa shape index (κ3) is 5.36. The van der Waals surface area contributed by atoms with Crippen molar-refractivity contribution in [3.05, 3.63) is 40.9 Å². The fraction of sp³-hybridized carbons (Fsp3) is 0.435. The lowest BCUT2D eigenvalue weighted by Crippen LogP contribution is -2.40. The second-order valence-corrected chi connectivity index (χ2v) is 8.97. The molecule has 2 amide bonds. The maximum atomic E-state index is 13.0. The van der Waals surface area contributed by atoms with Crippen molar-refractivity contribution < 1.29 is 14.3 Å². The summed E-state index contributed by atoms with van der Waals surface area (Å²) in [5.74, 6) is 0.500. The molecule has 11 heteroatoms. The number of piperidine rings is 1. The maximum absolute atomic E-state index is 13.0. The number of hydrogen-bond acceptors (Lipinski definition) is 8. The number of fused-ring (bicyclic) bond motifs is 1. The minimum atomic E-state index is -0.329. The van der Waals surface area contributed by atoms with Crippen LogP contribution in [0.5, 0.6) is 5.75 Å². The largest absolute Gasteiger partial charge is 0.494 e. The molecule has 2 aromatic heterocycles. The SMILES string of the molecule is CCNC(=O)C1CCN(c2nc3ncn(CC(=O)Nc4ccc(OCC)cc4)c(=O)c3s2)CC1. The van der Waals surface area contributed by atoms with Crippen LogP contribution in [0.25, 0.3) is 10.3 Å². The molecular weight excluding hydrogens is 456 g/mol. The van der Waals surface area contributed by atoms with Gasteiger partial charge in [-0.05, 0) is 51.0 Å². The first-order valence-corrected chi connectivity index (χ1v) is 12.2. The Hall–Kier alpha value is -3.47. The first-order valence-electron chi connectivity index (χ1n) is 11.4. The van der Waals surface area contributed by atoms with Crippen LogP contribution in [0.4, 0.5) is 10.8 Å². The first kappa shape index (κ1) is 23.7. The Morgan fingerprint density at radius 1 is 1.18 bits per heavy atom. The van der Waals surface area contributed by atoms with Crippen LogP contribution in [-0.4, -0.2) is 52.6 Å². The molecule has 3 heterocycles. The molecule has 1 fully saturated rings. The van der Waals surface area contributed by atoms with Gasteiger partial charge in [-0.1, -0.05) is 11.3 Å². The van der Waals surface area contributed by atoms with E-state index in [1.54, 1.807) is 24.3 Å². The Labute approximate surface area is 201 Å². The first-order chi connectivity index (χ1) is 16.5. The highest BCUT2D eigenvalue weighted by Crippen LogP contribution is 2.29. The summed E-state index contributed by atoms with van der Waals surface area (Å²) in [5.41, 5.74) is 0.693. The monoisotopic (exact) mass is 484 g/mol. The van der Waals surface area contributed by atoms with Gasteiger partial charge in [0.1, 0.15) is 23.3 Å². The zero-order valence-corrected chi connectivity index (χ0v) is 20.1. The summed E-state index contributed by atoms with van der Waals surface area (Å²) in [6.07, 6.45) is 2.84. The van der Waals surface area contributed by atoms with Crippen molar-refractivity contribution in [2.45, 2.75) is 33.2 Å². The number of amides is 2. The van der Waals surface area contributed by atoms with Crippen LogP contribution in [0.1, 0.15) is 26.7 Å². The van der Waals surface area contributed by atoms with Crippen LogP contribution in [0, 0.1) is 5.92 Å². The molecule has 0 saturated carbocycles. The van der Waals surface area contributed by atoms with Crippen LogP contribution in [0.15, 0.2) is 35.4 Å². The van der Waals surface area contributed by atoms with Crippen molar-refractivity contribution in [1.82, 2.24) is 19.9 Å². The molecule has 34 heavy (non-hydrogen) atoms. The summed E-state index contributed by atoms with van der Waals surface area (Å²) in [6, 6.07) is 7.04. The number of ether oxygens (including phenoxy) is 1. The molecule has 1 aliphatic rings. The Bertz CT molecular complexity index is 1210. The molecule has 0 bridgehead atoms. The minimum absolute atomic E-state index is 0.00909. The van der Waals surface area contributed by atoms with Gasteiger partial charge in [-0.3, -0.25) is 19.0 Å². The third-order valence-electron chi connectivity index (χ3n) is 5.62. The van der Waals surface area contributed by atoms with Gasteiger partial charge < -0.3 is 20.3 Å². The lowest BCUT2D eigenvalue weighted by atomic mass is 9.96. The molecule has 0 spiro atoms. The van der Waals surface area contributed by atoms with E-state index in [0.29, 0.717) is 47.4 Å². The second kappa shape index (κ2) is 10.6. The van der Waals surface area contributed by atoms with Gasteiger partial charge in [0.15, 0.2) is 10.8 Å². The molecule has 0 atom stereocenters. The minimum Gasteiger partial charge on any atom is -0.494 e. The number of benzene rings is 1. The molecule has 4 rings (SSSR count). The summed E-state index contributed by atoms with van der Waals surface area (Å²) in [6.45, 7) is 6.25. The van der Waals surface area contributed by atoms with Crippen LogP contribution in [0.2, 0.25) is 0 Å². The number of nitrogens with one attached hydrogen (secondary N) is 2. The molecule has 0 aliphatic carbocycles. The third-order valence-corrected chi connectivity index (χ3v) is 6.72. The number of carbonyl (C=O) groups excluding carboxylic acids is 2. The molecule has 3 aromatic rings. The Kier molecular flexibility index (Phi) is 7.41. The smallest absolute Gasteiger partial charge is 0.273 e. The number of nitrogens with zero attached hydrogens (tertiary/aromatic N) is 4. The molecule has 2 N–H and O–H groups in total. The van der Waals surface area contributed by atoms with E-state index in [0.717, 1.165) is 18.6 Å². The molecule has 180 valence electrons. The van der Waals surface area contributed by atoms with Gasteiger partial charge in [0, 0.05) is 31.2 Å². The van der Waals surface area contributed by atoms with Crippen molar-refractivity contribution in [1.29, 1.82) is 0 Å². The van der Waals surface area contributed by atoms with Crippen molar-refractivity contribution in [2.75, 3.05) is 36.5 Å². The number of thiazole rings is 1. The highest BCUT2D eigenvalue weighted by atomic mass is 32.1. The van der Waals surface area contributed by atoms with Gasteiger partial charge in [-0.25, -0.2) is 4.98 Å². The van der Waals surface area contributed by atoms with Crippen LogP contribution < -0.4 is 25.8 Å². The van der Waals surface area contributed by atoms with E-state index in [9.17, 15) is 14.4 Å². The predicted octanol–water partition coefficient (Wildman–Crippen LogP) is 2.24. The van der Waals surface area contributed by atoms with E-state index in [1.165, 1.54) is 22.2 Å². The van der Waals surface area contributed by atoms with Gasteiger partial charge in [0.25, 0.3) is 5.56 Å². The van der Waals surface area contributed by atoms with E-state index in [4.69, 9.17) is 4.74 Å². The fourth-order valence-corrected chi connectivity index (χ4v) is 4.91. The Balaban J connectivity index is 1.41. The van der Waals surface area contributed by atoms with E-state index in [1.807, 2.05) is 13.8 Å². The van der Waals surface area contributed by atoms with E-state index >= 15 is 0 Å². The van der Waals surface area contributed by atoms with Crippen molar-refractivity contribution in [2.24, 2.45) is 5.92 Å². The molecule has 10 nitrogen and oxygen atoms in total. The number of aromatic nitrogens is 3. The lowest BCUT2D eigenvalue weighted by molar-refractivity contribution is -0.125. The maximum Gasteiger partial charge on any atom is 0.273 e. The highest BCUT2D eigenvalue weighted by molar-refractivity contribution is 7.22. The summed E-state index contributed by atoms with van der Waals surface area (Å²) < 4.78 is 7.10. The van der Waals surface area contributed by atoms with E-state index in [2.05, 4.69) is 25.5 Å². The Morgan fingerprint density at radius 2 is 1.91 bits per heavy atom.